The van der Waals surface area contributed by atoms with Crippen LogP contribution in [0.2, 0.25) is 0 Å². The van der Waals surface area contributed by atoms with Gasteiger partial charge < -0.3 is 23.4 Å². The highest BCUT2D eigenvalue weighted by Crippen LogP contribution is 2.26. The molecule has 1 aromatic heterocycles. The first kappa shape index (κ1) is 29.2. The molecule has 0 fully saturated rings. The van der Waals surface area contributed by atoms with Gasteiger partial charge in [0.2, 0.25) is 5.89 Å². The van der Waals surface area contributed by atoms with Crippen molar-refractivity contribution >= 4 is 12.1 Å². The molecule has 0 unspecified atom stereocenters. The van der Waals surface area contributed by atoms with Crippen molar-refractivity contribution in [3.63, 3.8) is 0 Å². The average molecular weight is 559 g/mol. The lowest BCUT2D eigenvalue weighted by Gasteiger charge is -2.28. The zero-order valence-corrected chi connectivity index (χ0v) is 23.7. The molecule has 4 aromatic rings. The smallest absolute Gasteiger partial charge is 0.416 e. The zero-order chi connectivity index (χ0) is 29.2. The van der Waals surface area contributed by atoms with E-state index in [-0.39, 0.29) is 13.2 Å². The van der Waals surface area contributed by atoms with Crippen LogP contribution in [0.1, 0.15) is 36.9 Å². The van der Waals surface area contributed by atoms with Crippen LogP contribution in [0.15, 0.2) is 83.3 Å². The maximum absolute atomic E-state index is 13.1. The van der Waals surface area contributed by atoms with E-state index < -0.39 is 18.1 Å². The number of methoxy groups -OCH3 is 1. The second-order valence-electron chi connectivity index (χ2n) is 9.21. The van der Waals surface area contributed by atoms with Crippen LogP contribution in [0, 0.1) is 6.92 Å². The lowest BCUT2D eigenvalue weighted by Crippen LogP contribution is -2.40. The third-order valence-electron chi connectivity index (χ3n) is 6.45. The van der Waals surface area contributed by atoms with E-state index >= 15 is 0 Å². The Balaban J connectivity index is 1.38. The molecule has 4 rings (SSSR count). The van der Waals surface area contributed by atoms with E-state index in [0.29, 0.717) is 36.2 Å². The molecule has 0 saturated carbocycles. The molecule has 214 valence electrons. The molecule has 1 atom stereocenters. The Kier molecular flexibility index (Phi) is 9.99. The molecule has 9 heteroatoms. The minimum Gasteiger partial charge on any atom is -0.497 e. The molecule has 0 spiro atoms. The van der Waals surface area contributed by atoms with Gasteiger partial charge in [-0.3, -0.25) is 9.69 Å². The predicted molar refractivity (Wildman–Crippen MR) is 153 cm³/mol. The first-order valence-corrected chi connectivity index (χ1v) is 13.4. The third kappa shape index (κ3) is 7.88. The average Bonchev–Trinajstić information content (AvgIpc) is 3.37. The summed E-state index contributed by atoms with van der Waals surface area (Å²) in [4.78, 5) is 31.4. The highest BCUT2D eigenvalue weighted by atomic mass is 16.6. The van der Waals surface area contributed by atoms with Crippen molar-refractivity contribution in [2.24, 2.45) is 0 Å². The van der Waals surface area contributed by atoms with E-state index in [1.807, 2.05) is 68.4 Å². The van der Waals surface area contributed by atoms with Crippen molar-refractivity contribution in [1.82, 2.24) is 9.88 Å². The molecule has 41 heavy (non-hydrogen) atoms. The van der Waals surface area contributed by atoms with Crippen LogP contribution in [0.4, 0.5) is 4.79 Å². The first-order chi connectivity index (χ1) is 19.9. The van der Waals surface area contributed by atoms with Crippen LogP contribution >= 0.6 is 0 Å². The van der Waals surface area contributed by atoms with E-state index in [0.717, 1.165) is 22.6 Å². The topological polar surface area (TPSA) is 100 Å². The molecule has 1 heterocycles. The third-order valence-corrected chi connectivity index (χ3v) is 6.45. The number of esters is 1. The number of benzene rings is 3. The number of ether oxygens (including phenoxy) is 4. The summed E-state index contributed by atoms with van der Waals surface area (Å²) in [6.45, 7) is 5.80. The first-order valence-electron chi connectivity index (χ1n) is 13.4. The molecule has 9 nitrogen and oxygen atoms in total. The van der Waals surface area contributed by atoms with Crippen LogP contribution in [-0.2, 0) is 16.0 Å². The fraction of sp³-hybridized carbons (Fsp3) is 0.281. The fourth-order valence-corrected chi connectivity index (χ4v) is 4.16. The van der Waals surface area contributed by atoms with Crippen LogP contribution in [0.25, 0.3) is 11.5 Å². The standard InChI is InChI=1S/C32H34N2O7/c1-5-38-30(35)21-34(32(36)41-28-17-15-26(37-4)16-18-28)22(2)24-11-13-27(14-12-24)39-20-19-29-23(3)40-31(33-29)25-9-7-6-8-10-25/h6-18,22H,5,19-21H2,1-4H3/t22-/m1/s1. The van der Waals surface area contributed by atoms with Gasteiger partial charge in [0, 0.05) is 12.0 Å². The van der Waals surface area contributed by atoms with Crippen molar-refractivity contribution in [2.75, 3.05) is 26.9 Å². The molecule has 0 N–H and O–H groups in total. The molecule has 0 aliphatic heterocycles. The van der Waals surface area contributed by atoms with Gasteiger partial charge in [0.15, 0.2) is 0 Å². The van der Waals surface area contributed by atoms with Gasteiger partial charge in [0.05, 0.1) is 32.1 Å². The number of oxazole rings is 1. The molecule has 0 radical (unpaired) electrons. The highest BCUT2D eigenvalue weighted by molar-refractivity contribution is 5.79. The second kappa shape index (κ2) is 14.0. The maximum Gasteiger partial charge on any atom is 0.416 e. The van der Waals surface area contributed by atoms with Crippen molar-refractivity contribution < 1.29 is 33.0 Å². The van der Waals surface area contributed by atoms with E-state index in [1.54, 1.807) is 38.3 Å². The van der Waals surface area contributed by atoms with Crippen LogP contribution in [-0.4, -0.2) is 48.8 Å². The number of rotatable bonds is 12. The van der Waals surface area contributed by atoms with Crippen molar-refractivity contribution in [2.45, 2.75) is 33.2 Å². The van der Waals surface area contributed by atoms with Gasteiger partial charge in [-0.25, -0.2) is 9.78 Å². The monoisotopic (exact) mass is 558 g/mol. The van der Waals surface area contributed by atoms with Gasteiger partial charge in [-0.15, -0.1) is 0 Å². The number of aromatic nitrogens is 1. The van der Waals surface area contributed by atoms with Crippen LogP contribution in [0.3, 0.4) is 0 Å². The van der Waals surface area contributed by atoms with Gasteiger partial charge >= 0.3 is 12.1 Å². The maximum atomic E-state index is 13.1. The summed E-state index contributed by atoms with van der Waals surface area (Å²) in [5, 5.41) is 0. The molecule has 0 aliphatic rings. The largest absolute Gasteiger partial charge is 0.497 e. The summed E-state index contributed by atoms with van der Waals surface area (Å²) in [6, 6.07) is 23.3. The van der Waals surface area contributed by atoms with E-state index in [4.69, 9.17) is 23.4 Å². The van der Waals surface area contributed by atoms with Crippen molar-refractivity contribution in [1.29, 1.82) is 0 Å². The molecule has 3 aromatic carbocycles. The van der Waals surface area contributed by atoms with Gasteiger partial charge in [0.25, 0.3) is 0 Å². The fourth-order valence-electron chi connectivity index (χ4n) is 4.16. The number of aryl methyl sites for hydroxylation is 1. The summed E-state index contributed by atoms with van der Waals surface area (Å²) in [5.74, 6) is 2.47. The van der Waals surface area contributed by atoms with Crippen LogP contribution < -0.4 is 14.2 Å². The van der Waals surface area contributed by atoms with Crippen molar-refractivity contribution in [3.05, 3.63) is 95.9 Å². The zero-order valence-electron chi connectivity index (χ0n) is 23.7. The number of amides is 1. The minimum absolute atomic E-state index is 0.210. The highest BCUT2D eigenvalue weighted by Gasteiger charge is 2.27. The van der Waals surface area contributed by atoms with Gasteiger partial charge in [-0.1, -0.05) is 30.3 Å². The molecular formula is C32H34N2O7. The normalized spacial score (nSPS) is 11.4. The Morgan fingerprint density at radius 1 is 0.927 bits per heavy atom. The van der Waals surface area contributed by atoms with Crippen molar-refractivity contribution in [3.8, 4) is 28.7 Å². The number of nitrogens with zero attached hydrogens (tertiary/aromatic N) is 2. The number of carbonyl (C=O) groups is 2. The SMILES string of the molecule is CCOC(=O)CN(C(=O)Oc1ccc(OC)cc1)[C@H](C)c1ccc(OCCc2nc(-c3ccccc3)oc2C)cc1. The molecule has 0 bridgehead atoms. The number of hydrogen-bond acceptors (Lipinski definition) is 8. The van der Waals surface area contributed by atoms with E-state index in [1.165, 1.54) is 4.90 Å². The second-order valence-corrected chi connectivity index (χ2v) is 9.21. The van der Waals surface area contributed by atoms with Gasteiger partial charge in [-0.05, 0) is 74.9 Å². The molecular weight excluding hydrogens is 524 g/mol. The summed E-state index contributed by atoms with van der Waals surface area (Å²) in [7, 11) is 1.55. The Bertz CT molecular complexity index is 1420. The summed E-state index contributed by atoms with van der Waals surface area (Å²) in [6.07, 6.45) is -0.0842. The van der Waals surface area contributed by atoms with Gasteiger partial charge in [0.1, 0.15) is 29.6 Å². The van der Waals surface area contributed by atoms with E-state index in [2.05, 4.69) is 4.98 Å². The Hall–Kier alpha value is -4.79. The summed E-state index contributed by atoms with van der Waals surface area (Å²) < 4.78 is 27.6. The van der Waals surface area contributed by atoms with Crippen LogP contribution in [0.5, 0.6) is 17.2 Å². The Labute approximate surface area is 239 Å². The van der Waals surface area contributed by atoms with Gasteiger partial charge in [-0.2, -0.15) is 0 Å². The molecule has 0 aliphatic carbocycles. The Morgan fingerprint density at radius 3 is 2.24 bits per heavy atom. The molecule has 0 saturated heterocycles. The Morgan fingerprint density at radius 2 is 1.59 bits per heavy atom. The summed E-state index contributed by atoms with van der Waals surface area (Å²) in [5.41, 5.74) is 2.57. The quantitative estimate of drug-likeness (QED) is 0.184. The lowest BCUT2D eigenvalue weighted by molar-refractivity contribution is -0.144. The summed E-state index contributed by atoms with van der Waals surface area (Å²) >= 11 is 0. The molecule has 1 amide bonds. The lowest BCUT2D eigenvalue weighted by atomic mass is 10.1. The predicted octanol–water partition coefficient (Wildman–Crippen LogP) is 6.41. The number of carbonyl (C=O) groups excluding carboxylic acids is 2. The minimum atomic E-state index is -0.672. The van der Waals surface area contributed by atoms with E-state index in [9.17, 15) is 9.59 Å². The number of hydrogen-bond donors (Lipinski definition) is 0.